The molecular formula is C12H18N2O3. The monoisotopic (exact) mass is 238 g/mol. The fraction of sp³-hybridized carbons (Fsp3) is 0.500. The molecule has 1 aromatic carbocycles. The smallest absolute Gasteiger partial charge is 0.275 e. The number of non-ortho nitro benzene ring substituents is 1. The minimum absolute atomic E-state index is 0.0530. The predicted octanol–water partition coefficient (Wildman–Crippen LogP) is 3.21. The van der Waals surface area contributed by atoms with Crippen LogP contribution in [0.4, 0.5) is 11.4 Å². The van der Waals surface area contributed by atoms with Crippen molar-refractivity contribution in [2.45, 2.75) is 26.7 Å². The van der Waals surface area contributed by atoms with E-state index in [1.165, 1.54) is 12.1 Å². The quantitative estimate of drug-likeness (QED) is 0.585. The number of hydrogen-bond donors (Lipinski definition) is 1. The minimum atomic E-state index is -0.407. The number of anilines is 1. The molecule has 0 atom stereocenters. The van der Waals surface area contributed by atoms with Crippen molar-refractivity contribution in [2.75, 3.05) is 18.5 Å². The molecule has 0 radical (unpaired) electrons. The number of nitrogens with zero attached hydrogens (tertiary/aromatic N) is 1. The third-order valence-electron chi connectivity index (χ3n) is 2.15. The summed E-state index contributed by atoms with van der Waals surface area (Å²) < 4.78 is 5.42. The molecule has 0 amide bonds. The average molecular weight is 238 g/mol. The van der Waals surface area contributed by atoms with Crippen LogP contribution in [0.2, 0.25) is 0 Å². The topological polar surface area (TPSA) is 64.4 Å². The minimum Gasteiger partial charge on any atom is -0.493 e. The summed E-state index contributed by atoms with van der Waals surface area (Å²) in [6, 6.07) is 4.76. The lowest BCUT2D eigenvalue weighted by Crippen LogP contribution is -2.02. The summed E-state index contributed by atoms with van der Waals surface area (Å²) in [5.74, 6) is 0.541. The van der Waals surface area contributed by atoms with Crippen LogP contribution in [0, 0.1) is 10.1 Å². The molecule has 0 heterocycles. The van der Waals surface area contributed by atoms with Crippen molar-refractivity contribution in [2.24, 2.45) is 0 Å². The highest BCUT2D eigenvalue weighted by atomic mass is 16.6. The van der Waals surface area contributed by atoms with Crippen molar-refractivity contribution in [3.8, 4) is 5.75 Å². The van der Waals surface area contributed by atoms with Crippen molar-refractivity contribution in [1.82, 2.24) is 0 Å². The van der Waals surface area contributed by atoms with E-state index >= 15 is 0 Å². The van der Waals surface area contributed by atoms with E-state index in [2.05, 4.69) is 5.32 Å². The highest BCUT2D eigenvalue weighted by molar-refractivity contribution is 5.56. The van der Waals surface area contributed by atoms with Gasteiger partial charge in [0, 0.05) is 24.4 Å². The Labute approximate surface area is 101 Å². The van der Waals surface area contributed by atoms with Gasteiger partial charge >= 0.3 is 0 Å². The molecule has 0 saturated heterocycles. The normalized spacial score (nSPS) is 10.0. The van der Waals surface area contributed by atoms with Gasteiger partial charge in [-0.15, -0.1) is 0 Å². The summed E-state index contributed by atoms with van der Waals surface area (Å²) in [5.41, 5.74) is 0.782. The van der Waals surface area contributed by atoms with Gasteiger partial charge in [0.1, 0.15) is 5.75 Å². The van der Waals surface area contributed by atoms with Crippen LogP contribution in [0.15, 0.2) is 18.2 Å². The molecule has 0 spiro atoms. The Morgan fingerprint density at radius 1 is 1.29 bits per heavy atom. The number of benzene rings is 1. The number of ether oxygens (including phenoxy) is 1. The van der Waals surface area contributed by atoms with Gasteiger partial charge in [0.25, 0.3) is 5.69 Å². The Balaban J connectivity index is 2.88. The summed E-state index contributed by atoms with van der Waals surface area (Å²) in [7, 11) is 0. The Hall–Kier alpha value is -1.78. The maximum Gasteiger partial charge on any atom is 0.275 e. The molecule has 0 aliphatic rings. The number of nitrogens with one attached hydrogen (secondary N) is 1. The molecule has 0 fully saturated rings. The zero-order chi connectivity index (χ0) is 12.7. The van der Waals surface area contributed by atoms with Crippen molar-refractivity contribution in [3.05, 3.63) is 28.3 Å². The molecule has 94 valence electrons. The predicted molar refractivity (Wildman–Crippen MR) is 67.7 cm³/mol. The van der Waals surface area contributed by atoms with E-state index in [1.807, 2.05) is 13.8 Å². The van der Waals surface area contributed by atoms with Gasteiger partial charge in [0.2, 0.25) is 0 Å². The van der Waals surface area contributed by atoms with Crippen LogP contribution in [-0.4, -0.2) is 18.1 Å². The van der Waals surface area contributed by atoms with Gasteiger partial charge in [-0.2, -0.15) is 0 Å². The molecule has 0 aliphatic carbocycles. The van der Waals surface area contributed by atoms with Crippen LogP contribution in [0.1, 0.15) is 26.7 Å². The molecule has 0 aliphatic heterocycles. The molecule has 5 nitrogen and oxygen atoms in total. The van der Waals surface area contributed by atoms with E-state index in [9.17, 15) is 10.1 Å². The van der Waals surface area contributed by atoms with Crippen molar-refractivity contribution < 1.29 is 9.66 Å². The van der Waals surface area contributed by atoms with E-state index in [1.54, 1.807) is 6.07 Å². The molecule has 0 aromatic heterocycles. The van der Waals surface area contributed by atoms with Crippen molar-refractivity contribution in [3.63, 3.8) is 0 Å². The Morgan fingerprint density at radius 3 is 2.65 bits per heavy atom. The molecule has 5 heteroatoms. The van der Waals surface area contributed by atoms with Crippen LogP contribution in [0.5, 0.6) is 5.75 Å². The van der Waals surface area contributed by atoms with E-state index in [0.717, 1.165) is 25.1 Å². The second kappa shape index (κ2) is 6.73. The number of nitro groups is 1. The zero-order valence-corrected chi connectivity index (χ0v) is 10.2. The molecule has 17 heavy (non-hydrogen) atoms. The summed E-state index contributed by atoms with van der Waals surface area (Å²) in [4.78, 5) is 10.4. The number of nitro benzene ring substituents is 1. The Bertz CT molecular complexity index is 354. The van der Waals surface area contributed by atoms with Crippen LogP contribution in [0.3, 0.4) is 0 Å². The third-order valence-corrected chi connectivity index (χ3v) is 2.15. The first-order valence-corrected chi connectivity index (χ1v) is 5.83. The van der Waals surface area contributed by atoms with Crippen LogP contribution >= 0.6 is 0 Å². The van der Waals surface area contributed by atoms with Crippen LogP contribution in [0.25, 0.3) is 0 Å². The summed E-state index contributed by atoms with van der Waals surface area (Å²) >= 11 is 0. The van der Waals surface area contributed by atoms with Gasteiger partial charge in [-0.1, -0.05) is 13.8 Å². The molecule has 0 saturated carbocycles. The van der Waals surface area contributed by atoms with Crippen molar-refractivity contribution >= 4 is 11.4 Å². The molecule has 0 bridgehead atoms. The summed E-state index contributed by atoms with van der Waals surface area (Å²) in [6.07, 6.45) is 1.84. The third kappa shape index (κ3) is 4.30. The van der Waals surface area contributed by atoms with E-state index in [-0.39, 0.29) is 5.69 Å². The second-order valence-electron chi connectivity index (χ2n) is 3.75. The Morgan fingerprint density at radius 2 is 2.06 bits per heavy atom. The van der Waals surface area contributed by atoms with Crippen molar-refractivity contribution in [1.29, 1.82) is 0 Å². The SMILES string of the molecule is CCCNc1cc(OCCC)cc([N+](=O)[O-])c1. The highest BCUT2D eigenvalue weighted by Gasteiger charge is 2.10. The first kappa shape index (κ1) is 13.3. The molecule has 1 rings (SSSR count). The van der Waals surface area contributed by atoms with Gasteiger partial charge in [0.15, 0.2) is 0 Å². The maximum atomic E-state index is 10.8. The first-order valence-electron chi connectivity index (χ1n) is 5.83. The van der Waals surface area contributed by atoms with E-state index in [0.29, 0.717) is 12.4 Å². The molecule has 1 N–H and O–H groups in total. The maximum absolute atomic E-state index is 10.8. The lowest BCUT2D eigenvalue weighted by atomic mass is 10.2. The zero-order valence-electron chi connectivity index (χ0n) is 10.2. The first-order chi connectivity index (χ1) is 8.17. The lowest BCUT2D eigenvalue weighted by molar-refractivity contribution is -0.384. The summed E-state index contributed by atoms with van der Waals surface area (Å²) in [6.45, 7) is 5.38. The fourth-order valence-electron chi connectivity index (χ4n) is 1.36. The fourth-order valence-corrected chi connectivity index (χ4v) is 1.36. The van der Waals surface area contributed by atoms with E-state index < -0.39 is 4.92 Å². The standard InChI is InChI=1S/C12H18N2O3/c1-3-5-13-10-7-11(14(15)16)9-12(8-10)17-6-4-2/h7-9,13H,3-6H2,1-2H3. The summed E-state index contributed by atoms with van der Waals surface area (Å²) in [5, 5.41) is 13.9. The van der Waals surface area contributed by atoms with E-state index in [4.69, 9.17) is 4.74 Å². The highest BCUT2D eigenvalue weighted by Crippen LogP contribution is 2.26. The largest absolute Gasteiger partial charge is 0.493 e. The number of rotatable bonds is 7. The van der Waals surface area contributed by atoms with Gasteiger partial charge in [-0.05, 0) is 12.8 Å². The van der Waals surface area contributed by atoms with Gasteiger partial charge in [0.05, 0.1) is 17.6 Å². The number of hydrogen-bond acceptors (Lipinski definition) is 4. The molecular weight excluding hydrogens is 220 g/mol. The second-order valence-corrected chi connectivity index (χ2v) is 3.75. The van der Waals surface area contributed by atoms with Gasteiger partial charge < -0.3 is 10.1 Å². The van der Waals surface area contributed by atoms with Crippen LogP contribution < -0.4 is 10.1 Å². The van der Waals surface area contributed by atoms with Gasteiger partial charge in [-0.3, -0.25) is 10.1 Å². The molecule has 1 aromatic rings. The average Bonchev–Trinajstić information content (AvgIpc) is 2.33. The molecule has 0 unspecified atom stereocenters. The lowest BCUT2D eigenvalue weighted by Gasteiger charge is -2.08. The van der Waals surface area contributed by atoms with Crippen LogP contribution in [-0.2, 0) is 0 Å². The Kier molecular flexibility index (Phi) is 5.26. The van der Waals surface area contributed by atoms with Gasteiger partial charge in [-0.25, -0.2) is 0 Å².